The number of nitrogens with zero attached hydrogens (tertiary/aromatic N) is 4. The van der Waals surface area contributed by atoms with E-state index in [1.165, 1.54) is 5.56 Å². The molecule has 0 unspecified atom stereocenters. The third kappa shape index (κ3) is 6.20. The average Bonchev–Trinajstić information content (AvgIpc) is 3.39. The molecule has 3 rings (SSSR count). The quantitative estimate of drug-likeness (QED) is 0.429. The minimum absolute atomic E-state index is 0.352. The van der Waals surface area contributed by atoms with E-state index in [4.69, 9.17) is 4.52 Å². The number of aliphatic imine (C=N–C) groups is 1. The summed E-state index contributed by atoms with van der Waals surface area (Å²) in [6.45, 7) is 6.26. The second-order valence-electron chi connectivity index (χ2n) is 7.28. The number of imidazole rings is 1. The molecule has 2 N–H and O–H groups in total. The van der Waals surface area contributed by atoms with E-state index >= 15 is 0 Å². The van der Waals surface area contributed by atoms with Crippen molar-refractivity contribution in [2.75, 3.05) is 7.05 Å². The van der Waals surface area contributed by atoms with E-state index in [9.17, 15) is 0 Å². The van der Waals surface area contributed by atoms with Crippen LogP contribution in [0.2, 0.25) is 0 Å². The van der Waals surface area contributed by atoms with Crippen LogP contribution in [-0.2, 0) is 26.1 Å². The molecule has 3 aromatic rings. The summed E-state index contributed by atoms with van der Waals surface area (Å²) in [6.07, 6.45) is 6.01. The summed E-state index contributed by atoms with van der Waals surface area (Å²) in [7, 11) is 1.75. The summed E-state index contributed by atoms with van der Waals surface area (Å²) in [4.78, 5) is 8.75. The van der Waals surface area contributed by atoms with Crippen LogP contribution in [0.4, 0.5) is 0 Å². The number of hydrogen-bond donors (Lipinski definition) is 2. The molecule has 0 amide bonds. The average molecular weight is 395 g/mol. The number of hydrogen-bond acceptors (Lipinski definition) is 4. The second kappa shape index (κ2) is 10.5. The molecule has 0 saturated heterocycles. The number of benzene rings is 1. The predicted molar refractivity (Wildman–Crippen MR) is 115 cm³/mol. The molecular weight excluding hydrogens is 364 g/mol. The van der Waals surface area contributed by atoms with E-state index in [1.54, 1.807) is 7.05 Å². The Kier molecular flexibility index (Phi) is 7.44. The zero-order chi connectivity index (χ0) is 20.5. The molecular formula is C22H30N6O. The lowest BCUT2D eigenvalue weighted by molar-refractivity contribution is 0.372. The summed E-state index contributed by atoms with van der Waals surface area (Å²) in [5, 5.41) is 10.6. The van der Waals surface area contributed by atoms with E-state index < -0.39 is 0 Å². The fourth-order valence-corrected chi connectivity index (χ4v) is 3.05. The largest absolute Gasteiger partial charge is 0.359 e. The van der Waals surface area contributed by atoms with Crippen molar-refractivity contribution in [2.45, 2.75) is 52.2 Å². The number of nitrogens with one attached hydrogen (secondary N) is 2. The first-order chi connectivity index (χ1) is 14.2. The lowest BCUT2D eigenvalue weighted by atomic mass is 10.1. The van der Waals surface area contributed by atoms with Gasteiger partial charge in [0, 0.05) is 32.1 Å². The lowest BCUT2D eigenvalue weighted by Crippen LogP contribution is -2.36. The summed E-state index contributed by atoms with van der Waals surface area (Å²) in [6, 6.07) is 12.5. The van der Waals surface area contributed by atoms with Crippen LogP contribution in [0.15, 0.2) is 58.3 Å². The molecule has 154 valence electrons. The molecule has 29 heavy (non-hydrogen) atoms. The first-order valence-corrected chi connectivity index (χ1v) is 10.1. The molecule has 0 spiro atoms. The van der Waals surface area contributed by atoms with Crippen molar-refractivity contribution in [3.63, 3.8) is 0 Å². The van der Waals surface area contributed by atoms with Gasteiger partial charge < -0.3 is 19.7 Å². The van der Waals surface area contributed by atoms with E-state index in [1.807, 2.05) is 18.5 Å². The monoisotopic (exact) mass is 394 g/mol. The van der Waals surface area contributed by atoms with Crippen molar-refractivity contribution in [2.24, 2.45) is 4.99 Å². The summed E-state index contributed by atoms with van der Waals surface area (Å²) in [5.74, 6) is 2.83. The van der Waals surface area contributed by atoms with Crippen LogP contribution in [0.3, 0.4) is 0 Å². The maximum Gasteiger partial charge on any atom is 0.191 e. The van der Waals surface area contributed by atoms with Crippen molar-refractivity contribution < 1.29 is 4.52 Å². The van der Waals surface area contributed by atoms with Crippen LogP contribution < -0.4 is 10.6 Å². The Morgan fingerprint density at radius 2 is 1.97 bits per heavy atom. The number of rotatable bonds is 9. The van der Waals surface area contributed by atoms with Gasteiger partial charge in [-0.15, -0.1) is 0 Å². The van der Waals surface area contributed by atoms with Crippen LogP contribution in [-0.4, -0.2) is 27.7 Å². The van der Waals surface area contributed by atoms with Crippen molar-refractivity contribution in [3.8, 4) is 0 Å². The summed E-state index contributed by atoms with van der Waals surface area (Å²) < 4.78 is 7.55. The van der Waals surface area contributed by atoms with Crippen molar-refractivity contribution >= 4 is 5.96 Å². The van der Waals surface area contributed by atoms with E-state index in [0.717, 1.165) is 36.7 Å². The highest BCUT2D eigenvalue weighted by Crippen LogP contribution is 2.13. The molecule has 0 fully saturated rings. The Morgan fingerprint density at radius 1 is 1.17 bits per heavy atom. The van der Waals surface area contributed by atoms with E-state index in [2.05, 4.69) is 74.5 Å². The summed E-state index contributed by atoms with van der Waals surface area (Å²) >= 11 is 0. The SMILES string of the molecule is CN=C(NCc1cc(C(C)C)no1)NCc1nccn1CCCc1ccccc1. The third-order valence-electron chi connectivity index (χ3n) is 4.75. The van der Waals surface area contributed by atoms with Crippen LogP contribution in [0.5, 0.6) is 0 Å². The van der Waals surface area contributed by atoms with Gasteiger partial charge in [-0.2, -0.15) is 0 Å². The number of aryl methyl sites for hydroxylation is 2. The highest BCUT2D eigenvalue weighted by molar-refractivity contribution is 5.79. The van der Waals surface area contributed by atoms with E-state index in [-0.39, 0.29) is 0 Å². The molecule has 7 nitrogen and oxygen atoms in total. The topological polar surface area (TPSA) is 80.3 Å². The van der Waals surface area contributed by atoms with Gasteiger partial charge in [-0.3, -0.25) is 4.99 Å². The van der Waals surface area contributed by atoms with E-state index in [0.29, 0.717) is 25.0 Å². The van der Waals surface area contributed by atoms with Crippen LogP contribution in [0, 0.1) is 0 Å². The molecule has 0 aliphatic heterocycles. The maximum atomic E-state index is 5.36. The van der Waals surface area contributed by atoms with Gasteiger partial charge in [0.05, 0.1) is 18.8 Å². The Labute approximate surface area is 172 Å². The van der Waals surface area contributed by atoms with Gasteiger partial charge >= 0.3 is 0 Å². The first kappa shape index (κ1) is 20.6. The molecule has 2 aromatic heterocycles. The van der Waals surface area contributed by atoms with Crippen molar-refractivity contribution in [1.29, 1.82) is 0 Å². The van der Waals surface area contributed by atoms with Crippen LogP contribution >= 0.6 is 0 Å². The Bertz CT molecular complexity index is 897. The van der Waals surface area contributed by atoms with Gasteiger partial charge in [-0.05, 0) is 24.3 Å². The minimum atomic E-state index is 0.352. The molecule has 0 radical (unpaired) electrons. The Balaban J connectivity index is 1.45. The van der Waals surface area contributed by atoms with Crippen molar-refractivity contribution in [3.05, 3.63) is 71.6 Å². The van der Waals surface area contributed by atoms with Gasteiger partial charge in [-0.25, -0.2) is 4.98 Å². The molecule has 2 heterocycles. The number of aromatic nitrogens is 3. The first-order valence-electron chi connectivity index (χ1n) is 10.1. The van der Waals surface area contributed by atoms with Crippen LogP contribution in [0.1, 0.15) is 49.0 Å². The van der Waals surface area contributed by atoms with Gasteiger partial charge in [0.25, 0.3) is 0 Å². The molecule has 7 heteroatoms. The van der Waals surface area contributed by atoms with Gasteiger partial charge in [0.15, 0.2) is 11.7 Å². The Hall–Kier alpha value is -3.09. The fraction of sp³-hybridized carbons (Fsp3) is 0.409. The zero-order valence-electron chi connectivity index (χ0n) is 17.4. The van der Waals surface area contributed by atoms with Gasteiger partial charge in [0.2, 0.25) is 0 Å². The van der Waals surface area contributed by atoms with Gasteiger partial charge in [-0.1, -0.05) is 49.3 Å². The fourth-order valence-electron chi connectivity index (χ4n) is 3.05. The Morgan fingerprint density at radius 3 is 2.69 bits per heavy atom. The zero-order valence-corrected chi connectivity index (χ0v) is 17.4. The second-order valence-corrected chi connectivity index (χ2v) is 7.28. The lowest BCUT2D eigenvalue weighted by Gasteiger charge is -2.12. The third-order valence-corrected chi connectivity index (χ3v) is 4.75. The smallest absolute Gasteiger partial charge is 0.191 e. The normalized spacial score (nSPS) is 11.8. The minimum Gasteiger partial charge on any atom is -0.359 e. The molecule has 0 aliphatic carbocycles. The summed E-state index contributed by atoms with van der Waals surface area (Å²) in [5.41, 5.74) is 2.33. The molecule has 1 aromatic carbocycles. The number of guanidine groups is 1. The molecule has 0 atom stereocenters. The highest BCUT2D eigenvalue weighted by Gasteiger charge is 2.09. The molecule has 0 saturated carbocycles. The molecule has 0 aliphatic rings. The van der Waals surface area contributed by atoms with Crippen molar-refractivity contribution in [1.82, 2.24) is 25.3 Å². The highest BCUT2D eigenvalue weighted by atomic mass is 16.5. The maximum absolute atomic E-state index is 5.36. The van der Waals surface area contributed by atoms with Crippen LogP contribution in [0.25, 0.3) is 0 Å². The standard InChI is InChI=1S/C22H30N6O/c1-17(2)20-14-19(29-27-20)15-25-22(23-3)26-16-21-24-11-13-28(21)12-7-10-18-8-5-4-6-9-18/h4-6,8-9,11,13-14,17H,7,10,12,15-16H2,1-3H3,(H2,23,25,26). The predicted octanol–water partition coefficient (Wildman–Crippen LogP) is 3.49. The van der Waals surface area contributed by atoms with Gasteiger partial charge in [0.1, 0.15) is 5.82 Å². The molecule has 0 bridgehead atoms.